The summed E-state index contributed by atoms with van der Waals surface area (Å²) in [5.41, 5.74) is 2.11. The van der Waals surface area contributed by atoms with Crippen molar-refractivity contribution in [2.75, 3.05) is 0 Å². The van der Waals surface area contributed by atoms with E-state index in [2.05, 4.69) is 15.5 Å². The Morgan fingerprint density at radius 1 is 1.19 bits per heavy atom. The first-order valence-corrected chi connectivity index (χ1v) is 8.30. The van der Waals surface area contributed by atoms with Gasteiger partial charge in [-0.1, -0.05) is 25.1 Å². The summed E-state index contributed by atoms with van der Waals surface area (Å²) in [5.74, 6) is -1.69. The molecule has 0 aliphatic rings. The molecule has 1 aromatic carbocycles. The lowest BCUT2D eigenvalue weighted by atomic mass is 10.0. The van der Waals surface area contributed by atoms with Crippen LogP contribution in [-0.4, -0.2) is 16.0 Å². The van der Waals surface area contributed by atoms with Gasteiger partial charge in [0.05, 0.1) is 22.7 Å². The van der Waals surface area contributed by atoms with Gasteiger partial charge in [0.15, 0.2) is 0 Å². The highest BCUT2D eigenvalue weighted by molar-refractivity contribution is 6.06. The van der Waals surface area contributed by atoms with E-state index in [-0.39, 0.29) is 11.5 Å². The summed E-state index contributed by atoms with van der Waals surface area (Å²) >= 11 is 0. The molecule has 0 spiro atoms. The van der Waals surface area contributed by atoms with E-state index in [0.29, 0.717) is 28.1 Å². The maximum absolute atomic E-state index is 14.0. The highest BCUT2D eigenvalue weighted by Gasteiger charge is 2.22. The minimum Gasteiger partial charge on any atom is -0.345 e. The Morgan fingerprint density at radius 3 is 2.58 bits per heavy atom. The lowest BCUT2D eigenvalue weighted by Gasteiger charge is -2.16. The molecular weight excluding hydrogens is 340 g/mol. The molecule has 1 amide bonds. The monoisotopic (exact) mass is 359 g/mol. The molecule has 2 heterocycles. The molecule has 1 unspecified atom stereocenters. The first-order valence-electron chi connectivity index (χ1n) is 8.30. The standard InChI is InChI=1S/C19H19F2N3O2/c1-9(2)16-8-14(17-11(4)24-26-19(17)23-16)18(25)22-10(3)13-6-5-12(20)7-15(13)21/h5-10H,1-4H3,(H,22,25). The third-order valence-corrected chi connectivity index (χ3v) is 4.25. The van der Waals surface area contributed by atoms with Crippen LogP contribution in [0, 0.1) is 18.6 Å². The van der Waals surface area contributed by atoms with E-state index in [1.807, 2.05) is 13.8 Å². The number of benzene rings is 1. The first-order chi connectivity index (χ1) is 12.3. The number of pyridine rings is 1. The molecule has 136 valence electrons. The average molecular weight is 359 g/mol. The molecule has 26 heavy (non-hydrogen) atoms. The van der Waals surface area contributed by atoms with Crippen molar-refractivity contribution in [2.45, 2.75) is 39.7 Å². The van der Waals surface area contributed by atoms with E-state index >= 15 is 0 Å². The van der Waals surface area contributed by atoms with Crippen LogP contribution in [0.1, 0.15) is 60.0 Å². The van der Waals surface area contributed by atoms with Crippen molar-refractivity contribution in [3.8, 4) is 0 Å². The predicted octanol–water partition coefficient (Wildman–Crippen LogP) is 4.42. The van der Waals surface area contributed by atoms with Crippen molar-refractivity contribution in [3.63, 3.8) is 0 Å². The van der Waals surface area contributed by atoms with Crippen LogP contribution < -0.4 is 5.32 Å². The van der Waals surface area contributed by atoms with E-state index in [1.54, 1.807) is 19.9 Å². The summed E-state index contributed by atoms with van der Waals surface area (Å²) in [6, 6.07) is 4.33. The Hall–Kier alpha value is -2.83. The Morgan fingerprint density at radius 2 is 1.92 bits per heavy atom. The van der Waals surface area contributed by atoms with Crippen LogP contribution in [0.25, 0.3) is 11.1 Å². The number of nitrogens with zero attached hydrogens (tertiary/aromatic N) is 2. The Labute approximate surface area is 149 Å². The lowest BCUT2D eigenvalue weighted by molar-refractivity contribution is 0.0940. The Balaban J connectivity index is 1.97. The number of aryl methyl sites for hydroxylation is 1. The van der Waals surface area contributed by atoms with Crippen molar-refractivity contribution >= 4 is 17.0 Å². The molecule has 2 aromatic heterocycles. The number of nitrogens with one attached hydrogen (secondary N) is 1. The van der Waals surface area contributed by atoms with Crippen LogP contribution >= 0.6 is 0 Å². The zero-order valence-corrected chi connectivity index (χ0v) is 14.9. The summed E-state index contributed by atoms with van der Waals surface area (Å²) in [4.78, 5) is 17.2. The van der Waals surface area contributed by atoms with Gasteiger partial charge < -0.3 is 9.84 Å². The summed E-state index contributed by atoms with van der Waals surface area (Å²) in [6.07, 6.45) is 0. The van der Waals surface area contributed by atoms with E-state index < -0.39 is 23.6 Å². The maximum atomic E-state index is 14.0. The SMILES string of the molecule is Cc1noc2nc(C(C)C)cc(C(=O)NC(C)c3ccc(F)cc3F)c12. The van der Waals surface area contributed by atoms with E-state index in [0.717, 1.165) is 12.1 Å². The largest absolute Gasteiger partial charge is 0.345 e. The minimum absolute atomic E-state index is 0.0864. The van der Waals surface area contributed by atoms with Gasteiger partial charge >= 0.3 is 0 Å². The molecule has 0 fully saturated rings. The van der Waals surface area contributed by atoms with Gasteiger partial charge in [-0.3, -0.25) is 4.79 Å². The van der Waals surface area contributed by atoms with Crippen molar-refractivity contribution in [3.05, 3.63) is 58.4 Å². The van der Waals surface area contributed by atoms with Gasteiger partial charge in [0, 0.05) is 17.3 Å². The molecule has 7 heteroatoms. The normalized spacial score (nSPS) is 12.6. The van der Waals surface area contributed by atoms with Crippen molar-refractivity contribution in [2.24, 2.45) is 0 Å². The van der Waals surface area contributed by atoms with Crippen LogP contribution in [0.3, 0.4) is 0 Å². The molecule has 3 aromatic rings. The van der Waals surface area contributed by atoms with Crippen molar-refractivity contribution in [1.82, 2.24) is 15.5 Å². The zero-order valence-electron chi connectivity index (χ0n) is 14.9. The van der Waals surface area contributed by atoms with Gasteiger partial charge in [0.25, 0.3) is 11.6 Å². The Kier molecular flexibility index (Phi) is 4.71. The molecule has 5 nitrogen and oxygen atoms in total. The van der Waals surface area contributed by atoms with Gasteiger partial charge in [0.2, 0.25) is 0 Å². The minimum atomic E-state index is -0.707. The van der Waals surface area contributed by atoms with Crippen molar-refractivity contribution in [1.29, 1.82) is 0 Å². The van der Waals surface area contributed by atoms with Crippen LogP contribution in [-0.2, 0) is 0 Å². The van der Waals surface area contributed by atoms with Gasteiger partial charge in [-0.25, -0.2) is 13.8 Å². The average Bonchev–Trinajstić information content (AvgIpc) is 2.95. The molecule has 1 atom stereocenters. The van der Waals surface area contributed by atoms with Crippen molar-refractivity contribution < 1.29 is 18.1 Å². The fourth-order valence-corrected chi connectivity index (χ4v) is 2.79. The topological polar surface area (TPSA) is 68.0 Å². The molecule has 0 saturated heterocycles. The second-order valence-electron chi connectivity index (χ2n) is 6.56. The fourth-order valence-electron chi connectivity index (χ4n) is 2.79. The van der Waals surface area contributed by atoms with E-state index in [1.165, 1.54) is 6.07 Å². The van der Waals surface area contributed by atoms with Gasteiger partial charge in [-0.05, 0) is 31.9 Å². The van der Waals surface area contributed by atoms with Crippen LogP contribution in [0.15, 0.2) is 28.8 Å². The molecular formula is C19H19F2N3O2. The predicted molar refractivity (Wildman–Crippen MR) is 92.9 cm³/mol. The van der Waals surface area contributed by atoms with Crippen LogP contribution in [0.4, 0.5) is 8.78 Å². The number of fused-ring (bicyclic) bond motifs is 1. The van der Waals surface area contributed by atoms with Gasteiger partial charge in [-0.2, -0.15) is 0 Å². The summed E-state index contributed by atoms with van der Waals surface area (Å²) < 4.78 is 32.3. The smallest absolute Gasteiger partial charge is 0.259 e. The van der Waals surface area contributed by atoms with E-state index in [4.69, 9.17) is 4.52 Å². The number of rotatable bonds is 4. The molecule has 0 saturated carbocycles. The molecule has 0 bridgehead atoms. The Bertz CT molecular complexity index is 982. The summed E-state index contributed by atoms with van der Waals surface area (Å²) in [6.45, 7) is 7.27. The van der Waals surface area contributed by atoms with E-state index in [9.17, 15) is 13.6 Å². The summed E-state index contributed by atoms with van der Waals surface area (Å²) in [7, 11) is 0. The molecule has 0 aliphatic carbocycles. The van der Waals surface area contributed by atoms with Crippen LogP contribution in [0.2, 0.25) is 0 Å². The number of amides is 1. The molecule has 0 radical (unpaired) electrons. The molecule has 3 rings (SSSR count). The quantitative estimate of drug-likeness (QED) is 0.748. The third kappa shape index (κ3) is 3.29. The summed E-state index contributed by atoms with van der Waals surface area (Å²) in [5, 5.41) is 7.16. The van der Waals surface area contributed by atoms with Gasteiger partial charge in [0.1, 0.15) is 11.6 Å². The highest BCUT2D eigenvalue weighted by Crippen LogP contribution is 2.26. The zero-order chi connectivity index (χ0) is 19.0. The first kappa shape index (κ1) is 18.0. The van der Waals surface area contributed by atoms with Gasteiger partial charge in [-0.15, -0.1) is 0 Å². The molecule has 1 N–H and O–H groups in total. The molecule has 0 aliphatic heterocycles. The fraction of sp³-hybridized carbons (Fsp3) is 0.316. The second kappa shape index (κ2) is 6.82. The lowest BCUT2D eigenvalue weighted by Crippen LogP contribution is -2.27. The number of aromatic nitrogens is 2. The number of carbonyl (C=O) groups excluding carboxylic acids is 1. The highest BCUT2D eigenvalue weighted by atomic mass is 19.1. The maximum Gasteiger partial charge on any atom is 0.259 e. The number of halogens is 2. The second-order valence-corrected chi connectivity index (χ2v) is 6.56. The van der Waals surface area contributed by atoms with Crippen LogP contribution in [0.5, 0.6) is 0 Å². The number of hydrogen-bond donors (Lipinski definition) is 1. The number of hydrogen-bond acceptors (Lipinski definition) is 4. The number of carbonyl (C=O) groups is 1. The third-order valence-electron chi connectivity index (χ3n) is 4.25.